The first kappa shape index (κ1) is 18.4. The minimum absolute atomic E-state index is 0.191. The van der Waals surface area contributed by atoms with Gasteiger partial charge in [-0.05, 0) is 55.0 Å². The molecule has 152 valence electrons. The number of rotatable bonds is 5. The SMILES string of the molecule is Cc1nn(-c2ccc(F)cc2)c2[nH]c(=O)c(CNCc3ccc4c(c3)OCO4)cc12. The van der Waals surface area contributed by atoms with Crippen LogP contribution in [0.2, 0.25) is 0 Å². The molecule has 0 spiro atoms. The number of pyridine rings is 1. The molecule has 4 aromatic rings. The van der Waals surface area contributed by atoms with Crippen LogP contribution in [-0.4, -0.2) is 21.6 Å². The number of nitrogens with zero attached hydrogens (tertiary/aromatic N) is 2. The van der Waals surface area contributed by atoms with Gasteiger partial charge in [-0.3, -0.25) is 4.79 Å². The summed E-state index contributed by atoms with van der Waals surface area (Å²) in [5, 5.41) is 8.65. The molecule has 30 heavy (non-hydrogen) atoms. The number of hydrogen-bond donors (Lipinski definition) is 2. The van der Waals surface area contributed by atoms with Crippen molar-refractivity contribution in [1.82, 2.24) is 20.1 Å². The molecule has 0 saturated heterocycles. The number of hydrogen-bond acceptors (Lipinski definition) is 5. The molecule has 0 aliphatic carbocycles. The lowest BCUT2D eigenvalue weighted by atomic mass is 10.1. The molecule has 2 N–H and O–H groups in total. The standard InChI is InChI=1S/C22H19FN4O3/c1-13-18-9-15(11-24-10-14-2-7-19-20(8-14)30-12-29-19)22(28)25-21(18)27(26-13)17-5-3-16(23)4-6-17/h2-9,24H,10-12H2,1H3,(H,25,28). The number of aromatic nitrogens is 3. The van der Waals surface area contributed by atoms with E-state index in [4.69, 9.17) is 9.47 Å². The second kappa shape index (κ2) is 7.31. The van der Waals surface area contributed by atoms with Crippen molar-refractivity contribution in [2.75, 3.05) is 6.79 Å². The van der Waals surface area contributed by atoms with Crippen LogP contribution in [0.25, 0.3) is 16.7 Å². The molecular weight excluding hydrogens is 387 g/mol. The van der Waals surface area contributed by atoms with E-state index >= 15 is 0 Å². The smallest absolute Gasteiger partial charge is 0.254 e. The number of fused-ring (bicyclic) bond motifs is 2. The Morgan fingerprint density at radius 3 is 2.73 bits per heavy atom. The van der Waals surface area contributed by atoms with Crippen molar-refractivity contribution >= 4 is 11.0 Å². The van der Waals surface area contributed by atoms with Crippen molar-refractivity contribution in [3.05, 3.63) is 81.5 Å². The van der Waals surface area contributed by atoms with Crippen LogP contribution in [-0.2, 0) is 13.1 Å². The van der Waals surface area contributed by atoms with Crippen LogP contribution in [0.15, 0.2) is 53.3 Å². The first-order chi connectivity index (χ1) is 14.6. The maximum atomic E-state index is 13.2. The van der Waals surface area contributed by atoms with E-state index in [1.54, 1.807) is 16.8 Å². The van der Waals surface area contributed by atoms with Crippen molar-refractivity contribution in [3.63, 3.8) is 0 Å². The molecule has 2 aromatic heterocycles. The Morgan fingerprint density at radius 1 is 1.10 bits per heavy atom. The second-order valence-corrected chi connectivity index (χ2v) is 7.15. The average Bonchev–Trinajstić information content (AvgIpc) is 3.33. The highest BCUT2D eigenvalue weighted by Crippen LogP contribution is 2.32. The maximum Gasteiger partial charge on any atom is 0.254 e. The van der Waals surface area contributed by atoms with Crippen LogP contribution in [0, 0.1) is 12.7 Å². The molecule has 0 atom stereocenters. The Morgan fingerprint density at radius 2 is 1.90 bits per heavy atom. The highest BCUT2D eigenvalue weighted by Gasteiger charge is 2.14. The molecule has 0 saturated carbocycles. The van der Waals surface area contributed by atoms with E-state index in [1.165, 1.54) is 12.1 Å². The number of nitrogens with one attached hydrogen (secondary N) is 2. The molecule has 8 heteroatoms. The van der Waals surface area contributed by atoms with E-state index in [1.807, 2.05) is 31.2 Å². The molecule has 0 bridgehead atoms. The van der Waals surface area contributed by atoms with Gasteiger partial charge >= 0.3 is 0 Å². The summed E-state index contributed by atoms with van der Waals surface area (Å²) in [5.41, 5.74) is 3.51. The van der Waals surface area contributed by atoms with Crippen LogP contribution >= 0.6 is 0 Å². The zero-order valence-corrected chi connectivity index (χ0v) is 16.2. The Hall–Kier alpha value is -3.65. The van der Waals surface area contributed by atoms with Gasteiger partial charge in [0.05, 0.1) is 11.4 Å². The minimum Gasteiger partial charge on any atom is -0.454 e. The predicted molar refractivity (Wildman–Crippen MR) is 109 cm³/mol. The largest absolute Gasteiger partial charge is 0.454 e. The van der Waals surface area contributed by atoms with Gasteiger partial charge in [-0.1, -0.05) is 6.07 Å². The van der Waals surface area contributed by atoms with Gasteiger partial charge < -0.3 is 19.8 Å². The van der Waals surface area contributed by atoms with Crippen LogP contribution < -0.4 is 20.3 Å². The fraction of sp³-hybridized carbons (Fsp3) is 0.182. The van der Waals surface area contributed by atoms with E-state index in [-0.39, 0.29) is 18.2 Å². The van der Waals surface area contributed by atoms with Crippen molar-refractivity contribution < 1.29 is 13.9 Å². The van der Waals surface area contributed by atoms with Gasteiger partial charge in [0.2, 0.25) is 6.79 Å². The molecule has 1 aliphatic heterocycles. The first-order valence-electron chi connectivity index (χ1n) is 9.55. The summed E-state index contributed by atoms with van der Waals surface area (Å²) in [5.74, 6) is 1.16. The number of benzene rings is 2. The summed E-state index contributed by atoms with van der Waals surface area (Å²) in [6, 6.07) is 13.6. The molecule has 0 radical (unpaired) electrons. The first-order valence-corrected chi connectivity index (χ1v) is 9.55. The van der Waals surface area contributed by atoms with E-state index in [0.29, 0.717) is 30.0 Å². The van der Waals surface area contributed by atoms with E-state index in [0.717, 1.165) is 28.1 Å². The summed E-state index contributed by atoms with van der Waals surface area (Å²) in [6.45, 7) is 3.11. The molecule has 7 nitrogen and oxygen atoms in total. The number of halogens is 1. The summed E-state index contributed by atoms with van der Waals surface area (Å²) < 4.78 is 25.6. The van der Waals surface area contributed by atoms with Gasteiger partial charge in [0.1, 0.15) is 11.5 Å². The van der Waals surface area contributed by atoms with Crippen molar-refractivity contribution in [1.29, 1.82) is 0 Å². The lowest BCUT2D eigenvalue weighted by Gasteiger charge is -2.07. The summed E-state index contributed by atoms with van der Waals surface area (Å²) >= 11 is 0. The lowest BCUT2D eigenvalue weighted by molar-refractivity contribution is 0.174. The molecule has 0 fully saturated rings. The minimum atomic E-state index is -0.323. The number of ether oxygens (including phenoxy) is 2. The van der Waals surface area contributed by atoms with Crippen LogP contribution in [0.3, 0.4) is 0 Å². The molecule has 5 rings (SSSR count). The van der Waals surface area contributed by atoms with Gasteiger partial charge in [0, 0.05) is 24.0 Å². The molecule has 3 heterocycles. The lowest BCUT2D eigenvalue weighted by Crippen LogP contribution is -2.21. The number of aryl methyl sites for hydroxylation is 1. The highest BCUT2D eigenvalue weighted by atomic mass is 19.1. The fourth-order valence-electron chi connectivity index (χ4n) is 3.55. The summed E-state index contributed by atoms with van der Waals surface area (Å²) in [6.07, 6.45) is 0. The molecule has 0 amide bonds. The summed E-state index contributed by atoms with van der Waals surface area (Å²) in [7, 11) is 0. The van der Waals surface area contributed by atoms with Crippen LogP contribution in [0.5, 0.6) is 11.5 Å². The van der Waals surface area contributed by atoms with Gasteiger partial charge in [0.15, 0.2) is 11.5 Å². The van der Waals surface area contributed by atoms with Crippen LogP contribution in [0.1, 0.15) is 16.8 Å². The Bertz CT molecular complexity index is 1290. The highest BCUT2D eigenvalue weighted by molar-refractivity contribution is 5.80. The quantitative estimate of drug-likeness (QED) is 0.532. The van der Waals surface area contributed by atoms with E-state index < -0.39 is 0 Å². The second-order valence-electron chi connectivity index (χ2n) is 7.15. The Kier molecular flexibility index (Phi) is 4.48. The van der Waals surface area contributed by atoms with Gasteiger partial charge in [0.25, 0.3) is 5.56 Å². The normalized spacial score (nSPS) is 12.6. The van der Waals surface area contributed by atoms with Crippen LogP contribution in [0.4, 0.5) is 4.39 Å². The monoisotopic (exact) mass is 406 g/mol. The van der Waals surface area contributed by atoms with Crippen molar-refractivity contribution in [2.45, 2.75) is 20.0 Å². The molecule has 2 aromatic carbocycles. The number of H-pyrrole nitrogens is 1. The maximum absolute atomic E-state index is 13.2. The summed E-state index contributed by atoms with van der Waals surface area (Å²) in [4.78, 5) is 15.6. The van der Waals surface area contributed by atoms with E-state index in [2.05, 4.69) is 15.4 Å². The van der Waals surface area contributed by atoms with Crippen molar-refractivity contribution in [2.24, 2.45) is 0 Å². The zero-order chi connectivity index (χ0) is 20.7. The van der Waals surface area contributed by atoms with Gasteiger partial charge in [-0.15, -0.1) is 0 Å². The third-order valence-electron chi connectivity index (χ3n) is 5.10. The topological polar surface area (TPSA) is 81.2 Å². The zero-order valence-electron chi connectivity index (χ0n) is 16.2. The Labute approximate surface area is 171 Å². The Balaban J connectivity index is 1.38. The number of aromatic amines is 1. The predicted octanol–water partition coefficient (Wildman–Crippen LogP) is 3.18. The third kappa shape index (κ3) is 3.31. The van der Waals surface area contributed by atoms with Gasteiger partial charge in [-0.2, -0.15) is 5.10 Å². The molecular formula is C22H19FN4O3. The molecule has 1 aliphatic rings. The van der Waals surface area contributed by atoms with Gasteiger partial charge in [-0.25, -0.2) is 9.07 Å². The van der Waals surface area contributed by atoms with E-state index in [9.17, 15) is 9.18 Å². The van der Waals surface area contributed by atoms with Crippen molar-refractivity contribution in [3.8, 4) is 17.2 Å². The third-order valence-corrected chi connectivity index (χ3v) is 5.10. The average molecular weight is 406 g/mol. The molecule has 0 unspecified atom stereocenters. The fourth-order valence-corrected chi connectivity index (χ4v) is 3.55.